The Morgan fingerprint density at radius 1 is 1.29 bits per heavy atom. The van der Waals surface area contributed by atoms with E-state index >= 15 is 0 Å². The maximum atomic E-state index is 11.6. The maximum absolute atomic E-state index is 11.6. The summed E-state index contributed by atoms with van der Waals surface area (Å²) in [5.41, 5.74) is 1.11. The second-order valence-corrected chi connectivity index (χ2v) is 6.09. The second-order valence-electron chi connectivity index (χ2n) is 6.09. The van der Waals surface area contributed by atoms with Gasteiger partial charge in [-0.25, -0.2) is 0 Å². The third kappa shape index (κ3) is 2.65. The number of hydrogen-bond acceptors (Lipinski definition) is 2. The van der Waals surface area contributed by atoms with Gasteiger partial charge >= 0.3 is 5.97 Å². The van der Waals surface area contributed by atoms with Crippen molar-refractivity contribution in [1.82, 2.24) is 4.98 Å². The van der Waals surface area contributed by atoms with Gasteiger partial charge in [0.2, 0.25) is 0 Å². The van der Waals surface area contributed by atoms with Gasteiger partial charge in [-0.05, 0) is 42.0 Å². The highest BCUT2D eigenvalue weighted by Crippen LogP contribution is 2.43. The molecular weight excluding hydrogens is 262 g/mol. The molecule has 1 heterocycles. The Kier molecular flexibility index (Phi) is 3.91. The molecule has 2 aromatic rings. The molecule has 110 valence electrons. The number of aliphatic carboxylic acids is 1. The van der Waals surface area contributed by atoms with Crippen molar-refractivity contribution in [1.29, 1.82) is 0 Å². The first-order valence-corrected chi connectivity index (χ1v) is 7.76. The first-order valence-electron chi connectivity index (χ1n) is 7.76. The highest BCUT2D eigenvalue weighted by Gasteiger charge is 2.36. The fourth-order valence-corrected chi connectivity index (χ4v) is 3.70. The van der Waals surface area contributed by atoms with Crippen molar-refractivity contribution in [2.75, 3.05) is 0 Å². The van der Waals surface area contributed by atoms with Crippen LogP contribution in [0.15, 0.2) is 36.7 Å². The van der Waals surface area contributed by atoms with Crippen LogP contribution in [0.4, 0.5) is 0 Å². The van der Waals surface area contributed by atoms with Crippen LogP contribution < -0.4 is 0 Å². The maximum Gasteiger partial charge on any atom is 0.307 e. The van der Waals surface area contributed by atoms with Gasteiger partial charge in [-0.2, -0.15) is 0 Å². The molecule has 3 heteroatoms. The van der Waals surface area contributed by atoms with Crippen molar-refractivity contribution in [2.45, 2.75) is 38.5 Å². The van der Waals surface area contributed by atoms with Crippen LogP contribution in [0.3, 0.4) is 0 Å². The highest BCUT2D eigenvalue weighted by atomic mass is 16.4. The molecule has 0 aliphatic heterocycles. The zero-order chi connectivity index (χ0) is 14.8. The molecule has 1 fully saturated rings. The van der Waals surface area contributed by atoms with Gasteiger partial charge in [0.1, 0.15) is 0 Å². The molecule has 3 atom stereocenters. The lowest BCUT2D eigenvalue weighted by Crippen LogP contribution is -2.29. The number of aromatic nitrogens is 1. The standard InChI is InChI=1S/C18H21NO2/c1-2-12-7-8-15(18(20)21)16(9-12)17-11-19-10-13-5-3-4-6-14(13)17/h3-6,10-12,15-16H,2,7-9H2,1H3,(H,20,21). The Morgan fingerprint density at radius 3 is 2.86 bits per heavy atom. The monoisotopic (exact) mass is 283 g/mol. The molecule has 0 saturated heterocycles. The summed E-state index contributed by atoms with van der Waals surface area (Å²) in [7, 11) is 0. The minimum atomic E-state index is -0.664. The predicted octanol–water partition coefficient (Wildman–Crippen LogP) is 4.23. The Balaban J connectivity index is 2.06. The van der Waals surface area contributed by atoms with Crippen molar-refractivity contribution in [3.63, 3.8) is 0 Å². The van der Waals surface area contributed by atoms with Gasteiger partial charge in [0, 0.05) is 17.8 Å². The third-order valence-electron chi connectivity index (χ3n) is 4.95. The molecule has 0 bridgehead atoms. The van der Waals surface area contributed by atoms with Gasteiger partial charge in [-0.15, -0.1) is 0 Å². The van der Waals surface area contributed by atoms with Crippen LogP contribution in [0.2, 0.25) is 0 Å². The zero-order valence-electron chi connectivity index (χ0n) is 12.3. The highest BCUT2D eigenvalue weighted by molar-refractivity contribution is 5.86. The first kappa shape index (κ1) is 14.1. The van der Waals surface area contributed by atoms with E-state index < -0.39 is 5.97 Å². The van der Waals surface area contributed by atoms with E-state index in [1.807, 2.05) is 30.6 Å². The number of nitrogens with zero attached hydrogens (tertiary/aromatic N) is 1. The van der Waals surface area contributed by atoms with Crippen LogP contribution in [0.1, 0.15) is 44.1 Å². The molecule has 1 aromatic heterocycles. The van der Waals surface area contributed by atoms with Crippen LogP contribution in [0, 0.1) is 11.8 Å². The summed E-state index contributed by atoms with van der Waals surface area (Å²) >= 11 is 0. The fourth-order valence-electron chi connectivity index (χ4n) is 3.70. The molecule has 1 N–H and O–H groups in total. The minimum absolute atomic E-state index is 0.0831. The molecule has 3 rings (SSSR count). The van der Waals surface area contributed by atoms with E-state index in [1.54, 1.807) is 0 Å². The number of carboxylic acid groups (broad SMARTS) is 1. The van der Waals surface area contributed by atoms with Crippen molar-refractivity contribution in [3.05, 3.63) is 42.2 Å². The number of carboxylic acids is 1. The molecule has 1 aliphatic carbocycles. The lowest BCUT2D eigenvalue weighted by molar-refractivity contribution is -0.143. The molecule has 21 heavy (non-hydrogen) atoms. The quantitative estimate of drug-likeness (QED) is 0.917. The van der Waals surface area contributed by atoms with E-state index in [-0.39, 0.29) is 11.8 Å². The lowest BCUT2D eigenvalue weighted by atomic mass is 9.70. The SMILES string of the molecule is CCC1CCC(C(=O)O)C(c2cncc3ccccc23)C1. The smallest absolute Gasteiger partial charge is 0.307 e. The Bertz CT molecular complexity index is 647. The van der Waals surface area contributed by atoms with E-state index in [4.69, 9.17) is 0 Å². The average molecular weight is 283 g/mol. The van der Waals surface area contributed by atoms with Crippen molar-refractivity contribution in [3.8, 4) is 0 Å². The molecule has 3 unspecified atom stereocenters. The van der Waals surface area contributed by atoms with Gasteiger partial charge < -0.3 is 5.11 Å². The van der Waals surface area contributed by atoms with Gasteiger partial charge in [0.15, 0.2) is 0 Å². The van der Waals surface area contributed by atoms with Gasteiger partial charge in [0.25, 0.3) is 0 Å². The number of hydrogen-bond donors (Lipinski definition) is 1. The molecule has 0 spiro atoms. The largest absolute Gasteiger partial charge is 0.481 e. The topological polar surface area (TPSA) is 50.2 Å². The molecule has 1 aliphatic rings. The van der Waals surface area contributed by atoms with E-state index in [0.717, 1.165) is 42.0 Å². The molecule has 3 nitrogen and oxygen atoms in total. The van der Waals surface area contributed by atoms with Crippen molar-refractivity contribution >= 4 is 16.7 Å². The second kappa shape index (κ2) is 5.84. The van der Waals surface area contributed by atoms with Crippen LogP contribution >= 0.6 is 0 Å². The third-order valence-corrected chi connectivity index (χ3v) is 4.95. The summed E-state index contributed by atoms with van der Waals surface area (Å²) in [6.07, 6.45) is 7.63. The molecule has 1 saturated carbocycles. The van der Waals surface area contributed by atoms with Gasteiger partial charge in [0.05, 0.1) is 5.92 Å². The normalized spacial score (nSPS) is 25.9. The summed E-state index contributed by atoms with van der Waals surface area (Å²) in [6.45, 7) is 2.20. The summed E-state index contributed by atoms with van der Waals surface area (Å²) in [6, 6.07) is 8.14. The molecule has 0 radical (unpaired) electrons. The van der Waals surface area contributed by atoms with Gasteiger partial charge in [-0.1, -0.05) is 37.6 Å². The minimum Gasteiger partial charge on any atom is -0.481 e. The number of rotatable bonds is 3. The Morgan fingerprint density at radius 2 is 2.10 bits per heavy atom. The van der Waals surface area contributed by atoms with Crippen LogP contribution in [0.5, 0.6) is 0 Å². The van der Waals surface area contributed by atoms with Crippen molar-refractivity contribution < 1.29 is 9.90 Å². The fraction of sp³-hybridized carbons (Fsp3) is 0.444. The summed E-state index contributed by atoms with van der Waals surface area (Å²) in [5.74, 6) is -0.229. The molecular formula is C18H21NO2. The summed E-state index contributed by atoms with van der Waals surface area (Å²) < 4.78 is 0. The number of carbonyl (C=O) groups is 1. The summed E-state index contributed by atoms with van der Waals surface area (Å²) in [5, 5.41) is 11.8. The van der Waals surface area contributed by atoms with Gasteiger partial charge in [-0.3, -0.25) is 9.78 Å². The lowest BCUT2D eigenvalue weighted by Gasteiger charge is -2.34. The number of fused-ring (bicyclic) bond motifs is 1. The number of benzene rings is 1. The van der Waals surface area contributed by atoms with Crippen LogP contribution in [0.25, 0.3) is 10.8 Å². The van der Waals surface area contributed by atoms with E-state index in [9.17, 15) is 9.90 Å². The Labute approximate surface area is 125 Å². The van der Waals surface area contributed by atoms with Crippen molar-refractivity contribution in [2.24, 2.45) is 11.8 Å². The van der Waals surface area contributed by atoms with Crippen LogP contribution in [-0.2, 0) is 4.79 Å². The first-order chi connectivity index (χ1) is 10.2. The molecule has 0 amide bonds. The van der Waals surface area contributed by atoms with E-state index in [2.05, 4.69) is 18.0 Å². The predicted molar refractivity (Wildman–Crippen MR) is 83.2 cm³/mol. The molecule has 1 aromatic carbocycles. The number of pyridine rings is 1. The Hall–Kier alpha value is -1.90. The average Bonchev–Trinajstić information content (AvgIpc) is 2.53. The summed E-state index contributed by atoms with van der Waals surface area (Å²) in [4.78, 5) is 16.0. The van der Waals surface area contributed by atoms with Crippen LogP contribution in [-0.4, -0.2) is 16.1 Å². The zero-order valence-corrected chi connectivity index (χ0v) is 12.3. The van der Waals surface area contributed by atoms with E-state index in [1.165, 1.54) is 0 Å². The van der Waals surface area contributed by atoms with E-state index in [0.29, 0.717) is 5.92 Å².